The van der Waals surface area contributed by atoms with Crippen molar-refractivity contribution < 1.29 is 8.42 Å². The molecule has 0 unspecified atom stereocenters. The Bertz CT molecular complexity index is 758. The van der Waals surface area contributed by atoms with Crippen molar-refractivity contribution in [3.63, 3.8) is 0 Å². The Labute approximate surface area is 137 Å². The van der Waals surface area contributed by atoms with E-state index in [0.29, 0.717) is 12.2 Å². The molecular formula is C16H22N4O2S. The highest BCUT2D eigenvalue weighted by atomic mass is 32.2. The van der Waals surface area contributed by atoms with Gasteiger partial charge in [0.05, 0.1) is 5.75 Å². The van der Waals surface area contributed by atoms with Gasteiger partial charge in [-0.2, -0.15) is 0 Å². The van der Waals surface area contributed by atoms with Crippen LogP contribution in [0.25, 0.3) is 0 Å². The molecule has 1 heterocycles. The van der Waals surface area contributed by atoms with Crippen LogP contribution in [0.15, 0.2) is 30.3 Å². The number of hydrogen-bond donors (Lipinski definition) is 2. The normalized spacial score (nSPS) is 11.3. The van der Waals surface area contributed by atoms with E-state index in [9.17, 15) is 8.42 Å². The second-order valence-corrected chi connectivity index (χ2v) is 7.36. The number of unbranched alkanes of at least 4 members (excludes halogenated alkanes) is 1. The molecule has 6 nitrogen and oxygen atoms in total. The molecule has 0 spiro atoms. The van der Waals surface area contributed by atoms with E-state index in [1.54, 1.807) is 12.1 Å². The summed E-state index contributed by atoms with van der Waals surface area (Å²) in [6.07, 6.45) is 1.44. The van der Waals surface area contributed by atoms with Gasteiger partial charge in [0.1, 0.15) is 0 Å². The summed E-state index contributed by atoms with van der Waals surface area (Å²) >= 11 is 0. The van der Waals surface area contributed by atoms with Crippen LogP contribution >= 0.6 is 0 Å². The Kier molecular flexibility index (Phi) is 5.54. The number of aromatic nitrogens is 2. The third-order valence-corrected chi connectivity index (χ3v) is 4.69. The van der Waals surface area contributed by atoms with Crippen LogP contribution in [0.4, 0.5) is 17.3 Å². The van der Waals surface area contributed by atoms with E-state index < -0.39 is 10.0 Å². The zero-order valence-corrected chi connectivity index (χ0v) is 14.4. The Hall–Kier alpha value is -2.15. The van der Waals surface area contributed by atoms with Crippen molar-refractivity contribution in [1.29, 1.82) is 0 Å². The first-order valence-electron chi connectivity index (χ1n) is 7.58. The van der Waals surface area contributed by atoms with Crippen molar-refractivity contribution in [2.75, 3.05) is 15.8 Å². The van der Waals surface area contributed by atoms with Crippen LogP contribution in [0.2, 0.25) is 0 Å². The second-order valence-electron chi connectivity index (χ2n) is 5.52. The molecule has 0 atom stereocenters. The fraction of sp³-hybridized carbons (Fsp3) is 0.375. The largest absolute Gasteiger partial charge is 0.339 e. The van der Waals surface area contributed by atoms with E-state index in [1.165, 1.54) is 0 Å². The molecule has 0 saturated carbocycles. The highest BCUT2D eigenvalue weighted by Crippen LogP contribution is 2.20. The molecule has 0 aliphatic rings. The van der Waals surface area contributed by atoms with Crippen molar-refractivity contribution in [3.05, 3.63) is 41.5 Å². The predicted octanol–water partition coefficient (Wildman–Crippen LogP) is 3.38. The van der Waals surface area contributed by atoms with Gasteiger partial charge in [0, 0.05) is 5.69 Å². The monoisotopic (exact) mass is 334 g/mol. The number of hydrogen-bond acceptors (Lipinski definition) is 5. The van der Waals surface area contributed by atoms with Gasteiger partial charge in [0.25, 0.3) is 0 Å². The summed E-state index contributed by atoms with van der Waals surface area (Å²) in [5, 5.41) is 11.1. The van der Waals surface area contributed by atoms with E-state index >= 15 is 0 Å². The Morgan fingerprint density at radius 2 is 1.74 bits per heavy atom. The van der Waals surface area contributed by atoms with Crippen LogP contribution in [0.3, 0.4) is 0 Å². The zero-order chi connectivity index (χ0) is 16.9. The van der Waals surface area contributed by atoms with Gasteiger partial charge in [0.15, 0.2) is 11.6 Å². The summed E-state index contributed by atoms with van der Waals surface area (Å²) in [5.41, 5.74) is 3.20. The topological polar surface area (TPSA) is 84.0 Å². The molecular weight excluding hydrogens is 312 g/mol. The second kappa shape index (κ2) is 7.41. The summed E-state index contributed by atoms with van der Waals surface area (Å²) in [6, 6.07) is 9.40. The van der Waals surface area contributed by atoms with Crippen LogP contribution in [0.1, 0.15) is 30.9 Å². The number of aryl methyl sites for hydroxylation is 2. The molecule has 0 saturated heterocycles. The standard InChI is InChI=1S/C16H22N4O2S/c1-4-5-10-23(21,22)20-16-9-8-15(18-19-16)17-14-11-12(2)6-7-13(14)3/h6-9,11H,4-5,10H2,1-3H3,(H,17,18)(H,19,20). The van der Waals surface area contributed by atoms with Gasteiger partial charge < -0.3 is 5.32 Å². The summed E-state index contributed by atoms with van der Waals surface area (Å²) in [6.45, 7) is 5.97. The van der Waals surface area contributed by atoms with Crippen LogP contribution in [-0.4, -0.2) is 24.4 Å². The molecule has 0 amide bonds. The molecule has 2 rings (SSSR count). The van der Waals surface area contributed by atoms with Gasteiger partial charge in [-0.05, 0) is 49.6 Å². The smallest absolute Gasteiger partial charge is 0.233 e. The minimum Gasteiger partial charge on any atom is -0.339 e. The quantitative estimate of drug-likeness (QED) is 0.811. The van der Waals surface area contributed by atoms with E-state index in [0.717, 1.165) is 23.2 Å². The number of anilines is 3. The van der Waals surface area contributed by atoms with E-state index in [4.69, 9.17) is 0 Å². The van der Waals surface area contributed by atoms with Crippen LogP contribution in [0.5, 0.6) is 0 Å². The maximum Gasteiger partial charge on any atom is 0.233 e. The van der Waals surface area contributed by atoms with Crippen molar-refractivity contribution in [3.8, 4) is 0 Å². The maximum absolute atomic E-state index is 11.8. The van der Waals surface area contributed by atoms with Crippen molar-refractivity contribution in [2.24, 2.45) is 0 Å². The van der Waals surface area contributed by atoms with Gasteiger partial charge >= 0.3 is 0 Å². The highest BCUT2D eigenvalue weighted by Gasteiger charge is 2.11. The molecule has 124 valence electrons. The molecule has 2 aromatic rings. The summed E-state index contributed by atoms with van der Waals surface area (Å²) < 4.78 is 26.1. The van der Waals surface area contributed by atoms with E-state index in [1.807, 2.05) is 39.0 Å². The molecule has 0 aliphatic carbocycles. The van der Waals surface area contributed by atoms with E-state index in [-0.39, 0.29) is 11.6 Å². The van der Waals surface area contributed by atoms with Gasteiger partial charge in [-0.25, -0.2) is 8.42 Å². The number of benzene rings is 1. The fourth-order valence-corrected chi connectivity index (χ4v) is 3.20. The lowest BCUT2D eigenvalue weighted by molar-refractivity contribution is 0.597. The molecule has 23 heavy (non-hydrogen) atoms. The lowest BCUT2D eigenvalue weighted by Crippen LogP contribution is -2.17. The first-order valence-corrected chi connectivity index (χ1v) is 9.23. The fourth-order valence-electron chi connectivity index (χ4n) is 2.01. The van der Waals surface area contributed by atoms with Gasteiger partial charge in [0.2, 0.25) is 10.0 Å². The number of sulfonamides is 1. The summed E-state index contributed by atoms with van der Waals surface area (Å²) in [5.74, 6) is 0.885. The molecule has 2 N–H and O–H groups in total. The molecule has 1 aromatic carbocycles. The SMILES string of the molecule is CCCCS(=O)(=O)Nc1ccc(Nc2cc(C)ccc2C)nn1. The summed E-state index contributed by atoms with van der Waals surface area (Å²) in [7, 11) is -3.35. The molecule has 0 bridgehead atoms. The highest BCUT2D eigenvalue weighted by molar-refractivity contribution is 7.92. The zero-order valence-electron chi connectivity index (χ0n) is 13.6. The first-order chi connectivity index (χ1) is 10.9. The van der Waals surface area contributed by atoms with Crippen molar-refractivity contribution >= 4 is 27.3 Å². The Morgan fingerprint density at radius 3 is 2.39 bits per heavy atom. The number of nitrogens with one attached hydrogen (secondary N) is 2. The Morgan fingerprint density at radius 1 is 1.04 bits per heavy atom. The number of rotatable bonds is 7. The number of nitrogens with zero attached hydrogens (tertiary/aromatic N) is 2. The minimum atomic E-state index is -3.35. The van der Waals surface area contributed by atoms with Gasteiger partial charge in [-0.3, -0.25) is 4.72 Å². The van der Waals surface area contributed by atoms with Crippen molar-refractivity contribution in [2.45, 2.75) is 33.6 Å². The summed E-state index contributed by atoms with van der Waals surface area (Å²) in [4.78, 5) is 0. The molecule has 0 aliphatic heterocycles. The molecule has 0 radical (unpaired) electrons. The third-order valence-electron chi connectivity index (χ3n) is 3.35. The molecule has 1 aromatic heterocycles. The maximum atomic E-state index is 11.8. The van der Waals surface area contributed by atoms with Gasteiger partial charge in [-0.1, -0.05) is 25.5 Å². The van der Waals surface area contributed by atoms with Crippen LogP contribution in [-0.2, 0) is 10.0 Å². The van der Waals surface area contributed by atoms with Crippen molar-refractivity contribution in [1.82, 2.24) is 10.2 Å². The molecule has 0 fully saturated rings. The van der Waals surface area contributed by atoms with Crippen LogP contribution in [0, 0.1) is 13.8 Å². The average Bonchev–Trinajstić information content (AvgIpc) is 2.51. The molecule has 7 heteroatoms. The lowest BCUT2D eigenvalue weighted by atomic mass is 10.1. The third kappa shape index (κ3) is 5.21. The first kappa shape index (κ1) is 17.2. The average molecular weight is 334 g/mol. The minimum absolute atomic E-state index is 0.0909. The predicted molar refractivity (Wildman–Crippen MR) is 93.5 cm³/mol. The van der Waals surface area contributed by atoms with Gasteiger partial charge in [-0.15, -0.1) is 10.2 Å². The van der Waals surface area contributed by atoms with E-state index in [2.05, 4.69) is 20.2 Å². The lowest BCUT2D eigenvalue weighted by Gasteiger charge is -2.10. The van der Waals surface area contributed by atoms with Crippen LogP contribution < -0.4 is 10.0 Å². The Balaban J connectivity index is 2.06.